The molecule has 0 aliphatic carbocycles. The van der Waals surface area contributed by atoms with Gasteiger partial charge in [0.15, 0.2) is 5.69 Å². The lowest BCUT2D eigenvalue weighted by Gasteiger charge is -2.06. The Kier molecular flexibility index (Phi) is 5.31. The number of benzene rings is 1. The highest BCUT2D eigenvalue weighted by molar-refractivity contribution is 6.08. The summed E-state index contributed by atoms with van der Waals surface area (Å²) in [6.45, 7) is 4.77. The van der Waals surface area contributed by atoms with Gasteiger partial charge in [-0.15, -0.1) is 0 Å². The number of pyridine rings is 1. The second kappa shape index (κ2) is 7.82. The average Bonchev–Trinajstić information content (AvgIpc) is 3.02. The summed E-state index contributed by atoms with van der Waals surface area (Å²) in [5.74, 6) is 0.0776. The Balaban J connectivity index is 1.87. The molecule has 2 N–H and O–H groups in total. The van der Waals surface area contributed by atoms with Crippen molar-refractivity contribution in [3.63, 3.8) is 0 Å². The molecule has 0 spiro atoms. The lowest BCUT2D eigenvalue weighted by Crippen LogP contribution is -2.27. The first kappa shape index (κ1) is 17.7. The van der Waals surface area contributed by atoms with E-state index in [0.717, 1.165) is 6.42 Å². The van der Waals surface area contributed by atoms with Crippen molar-refractivity contribution in [3.05, 3.63) is 66.2 Å². The maximum Gasteiger partial charge on any atom is 0.287 e. The molecule has 134 valence electrons. The van der Waals surface area contributed by atoms with Crippen molar-refractivity contribution in [2.45, 2.75) is 20.3 Å². The number of imidazole rings is 1. The van der Waals surface area contributed by atoms with Crippen LogP contribution in [0.2, 0.25) is 0 Å². The van der Waals surface area contributed by atoms with E-state index in [1.165, 1.54) is 0 Å². The number of aromatic nitrogens is 2. The lowest BCUT2D eigenvalue weighted by molar-refractivity contribution is 0.0941. The van der Waals surface area contributed by atoms with E-state index in [0.29, 0.717) is 23.7 Å². The van der Waals surface area contributed by atoms with E-state index in [9.17, 15) is 9.59 Å². The molecule has 2 amide bonds. The number of nitrogens with one attached hydrogen (secondary N) is 2. The minimum absolute atomic E-state index is 0.211. The Bertz CT molecular complexity index is 916. The Hall–Kier alpha value is -3.15. The Morgan fingerprint density at radius 2 is 1.77 bits per heavy atom. The number of nitrogens with zero attached hydrogens (tertiary/aromatic N) is 2. The standard InChI is InChI=1S/C20H22N4O2/c1-14(2)11-12-21-20(26)18-23-17(16-10-6-7-13-24(16)18)19(25)22-15-8-4-3-5-9-15/h3-10,13-14H,11-12H2,1-2H3,(H,21,26)(H,22,25). The monoisotopic (exact) mass is 350 g/mol. The fraction of sp³-hybridized carbons (Fsp3) is 0.250. The molecule has 1 aromatic carbocycles. The SMILES string of the molecule is CC(C)CCNC(=O)c1nc(C(=O)Nc2ccccc2)c2ccccn12. The van der Waals surface area contributed by atoms with Crippen LogP contribution < -0.4 is 10.6 Å². The van der Waals surface area contributed by atoms with Gasteiger partial charge in [0, 0.05) is 18.4 Å². The molecule has 0 bridgehead atoms. The lowest BCUT2D eigenvalue weighted by atomic mass is 10.1. The van der Waals surface area contributed by atoms with Gasteiger partial charge in [-0.2, -0.15) is 0 Å². The molecule has 2 aromatic heterocycles. The highest BCUT2D eigenvalue weighted by Crippen LogP contribution is 2.16. The summed E-state index contributed by atoms with van der Waals surface area (Å²) < 4.78 is 1.64. The van der Waals surface area contributed by atoms with Gasteiger partial charge < -0.3 is 10.6 Å². The molecular weight excluding hydrogens is 328 g/mol. The number of carbonyl (C=O) groups excluding carboxylic acids is 2. The van der Waals surface area contributed by atoms with Crippen LogP contribution in [0.4, 0.5) is 5.69 Å². The second-order valence-corrected chi connectivity index (χ2v) is 6.50. The quantitative estimate of drug-likeness (QED) is 0.716. The summed E-state index contributed by atoms with van der Waals surface area (Å²) in [6, 6.07) is 14.6. The summed E-state index contributed by atoms with van der Waals surface area (Å²) in [6.07, 6.45) is 2.62. The zero-order chi connectivity index (χ0) is 18.5. The zero-order valence-corrected chi connectivity index (χ0v) is 14.9. The summed E-state index contributed by atoms with van der Waals surface area (Å²) in [7, 11) is 0. The zero-order valence-electron chi connectivity index (χ0n) is 14.9. The van der Waals surface area contributed by atoms with Crippen LogP contribution >= 0.6 is 0 Å². The van der Waals surface area contributed by atoms with E-state index in [1.54, 1.807) is 34.9 Å². The van der Waals surface area contributed by atoms with Crippen LogP contribution in [-0.4, -0.2) is 27.7 Å². The third-order valence-electron chi connectivity index (χ3n) is 4.01. The number of fused-ring (bicyclic) bond motifs is 1. The molecule has 3 rings (SSSR count). The summed E-state index contributed by atoms with van der Waals surface area (Å²) in [5.41, 5.74) is 1.50. The highest BCUT2D eigenvalue weighted by Gasteiger charge is 2.21. The molecule has 0 fully saturated rings. The Labute approximate surface area is 152 Å². The van der Waals surface area contributed by atoms with Crippen molar-refractivity contribution in [3.8, 4) is 0 Å². The smallest absolute Gasteiger partial charge is 0.287 e. The van der Waals surface area contributed by atoms with Gasteiger partial charge in [-0.05, 0) is 36.6 Å². The minimum Gasteiger partial charge on any atom is -0.349 e. The first-order valence-electron chi connectivity index (χ1n) is 8.68. The topological polar surface area (TPSA) is 75.5 Å². The predicted octanol–water partition coefficient (Wildman–Crippen LogP) is 3.36. The third kappa shape index (κ3) is 3.91. The van der Waals surface area contributed by atoms with Crippen LogP contribution in [-0.2, 0) is 0 Å². The Morgan fingerprint density at radius 1 is 1.04 bits per heavy atom. The first-order chi connectivity index (χ1) is 12.6. The molecule has 26 heavy (non-hydrogen) atoms. The normalized spacial score (nSPS) is 10.9. The van der Waals surface area contributed by atoms with Crippen LogP contribution in [0.25, 0.3) is 5.52 Å². The number of anilines is 1. The van der Waals surface area contributed by atoms with Gasteiger partial charge >= 0.3 is 0 Å². The van der Waals surface area contributed by atoms with Crippen molar-refractivity contribution < 1.29 is 9.59 Å². The number of carbonyl (C=O) groups is 2. The molecule has 3 aromatic rings. The van der Waals surface area contributed by atoms with Crippen molar-refractivity contribution in [1.29, 1.82) is 0 Å². The van der Waals surface area contributed by atoms with Gasteiger partial charge in [-0.25, -0.2) is 4.98 Å². The summed E-state index contributed by atoms with van der Waals surface area (Å²) >= 11 is 0. The first-order valence-corrected chi connectivity index (χ1v) is 8.68. The third-order valence-corrected chi connectivity index (χ3v) is 4.01. The number of para-hydroxylation sites is 1. The molecular formula is C20H22N4O2. The summed E-state index contributed by atoms with van der Waals surface area (Å²) in [4.78, 5) is 29.5. The van der Waals surface area contributed by atoms with Gasteiger partial charge in [0.05, 0.1) is 5.52 Å². The van der Waals surface area contributed by atoms with Crippen molar-refractivity contribution >= 4 is 23.0 Å². The predicted molar refractivity (Wildman–Crippen MR) is 101 cm³/mol. The molecule has 2 heterocycles. The van der Waals surface area contributed by atoms with Crippen molar-refractivity contribution in [2.75, 3.05) is 11.9 Å². The molecule has 6 nitrogen and oxygen atoms in total. The van der Waals surface area contributed by atoms with Crippen LogP contribution in [0.3, 0.4) is 0 Å². The van der Waals surface area contributed by atoms with Gasteiger partial charge in [0.1, 0.15) is 0 Å². The van der Waals surface area contributed by atoms with Crippen LogP contribution in [0, 0.1) is 5.92 Å². The average molecular weight is 350 g/mol. The van der Waals surface area contributed by atoms with E-state index in [-0.39, 0.29) is 23.3 Å². The van der Waals surface area contributed by atoms with E-state index in [1.807, 2.05) is 24.3 Å². The van der Waals surface area contributed by atoms with Crippen molar-refractivity contribution in [1.82, 2.24) is 14.7 Å². The maximum atomic E-state index is 12.6. The molecule has 0 saturated heterocycles. The molecule has 0 aliphatic rings. The van der Waals surface area contributed by atoms with Gasteiger partial charge in [-0.3, -0.25) is 14.0 Å². The maximum absolute atomic E-state index is 12.6. The molecule has 6 heteroatoms. The van der Waals surface area contributed by atoms with Crippen molar-refractivity contribution in [2.24, 2.45) is 5.92 Å². The van der Waals surface area contributed by atoms with E-state index in [4.69, 9.17) is 0 Å². The largest absolute Gasteiger partial charge is 0.349 e. The van der Waals surface area contributed by atoms with Crippen LogP contribution in [0.15, 0.2) is 54.7 Å². The molecule has 0 atom stereocenters. The van der Waals surface area contributed by atoms with Crippen LogP contribution in [0.1, 0.15) is 41.4 Å². The van der Waals surface area contributed by atoms with E-state index >= 15 is 0 Å². The number of hydrogen-bond donors (Lipinski definition) is 2. The van der Waals surface area contributed by atoms with Gasteiger partial charge in [0.25, 0.3) is 11.8 Å². The fourth-order valence-electron chi connectivity index (χ4n) is 2.63. The van der Waals surface area contributed by atoms with E-state index < -0.39 is 0 Å². The molecule has 0 radical (unpaired) electrons. The second-order valence-electron chi connectivity index (χ2n) is 6.50. The molecule has 0 aliphatic heterocycles. The fourth-order valence-corrected chi connectivity index (χ4v) is 2.63. The number of amides is 2. The summed E-state index contributed by atoms with van der Waals surface area (Å²) in [5, 5.41) is 5.68. The van der Waals surface area contributed by atoms with E-state index in [2.05, 4.69) is 29.5 Å². The Morgan fingerprint density at radius 3 is 2.50 bits per heavy atom. The number of rotatable bonds is 6. The highest BCUT2D eigenvalue weighted by atomic mass is 16.2. The minimum atomic E-state index is -0.346. The molecule has 0 unspecified atom stereocenters. The van der Waals surface area contributed by atoms with Gasteiger partial charge in [-0.1, -0.05) is 38.1 Å². The number of hydrogen-bond acceptors (Lipinski definition) is 3. The van der Waals surface area contributed by atoms with Gasteiger partial charge in [0.2, 0.25) is 5.82 Å². The molecule has 0 saturated carbocycles. The van der Waals surface area contributed by atoms with Crippen LogP contribution in [0.5, 0.6) is 0 Å².